The zero-order valence-electron chi connectivity index (χ0n) is 30.6. The first-order chi connectivity index (χ1) is 22.9. The number of hydrogen-bond donors (Lipinski definition) is 0. The van der Waals surface area contributed by atoms with E-state index in [4.69, 9.17) is 0 Å². The Bertz CT molecular complexity index is 1980. The number of allylic oxidation sites excluding steroid dienone is 4. The van der Waals surface area contributed by atoms with Crippen LogP contribution < -0.4 is 24.8 Å². The quantitative estimate of drug-likeness (QED) is 0.198. The Kier molecular flexibility index (Phi) is 11.3. The normalized spacial score (nSPS) is 15.3. The van der Waals surface area contributed by atoms with Crippen LogP contribution in [0.3, 0.4) is 0 Å². The van der Waals surface area contributed by atoms with Crippen molar-refractivity contribution in [3.05, 3.63) is 181 Å². The summed E-state index contributed by atoms with van der Waals surface area (Å²) in [5, 5.41) is 0. The second-order valence-corrected chi connectivity index (χ2v) is 21.8. The van der Waals surface area contributed by atoms with Crippen LogP contribution in [0, 0.1) is 5.92 Å². The van der Waals surface area contributed by atoms with Gasteiger partial charge in [-0.3, -0.25) is 0 Å². The number of halogens is 2. The third-order valence-corrected chi connectivity index (χ3v) is 19.7. The van der Waals surface area contributed by atoms with Crippen molar-refractivity contribution in [2.75, 3.05) is 0 Å². The van der Waals surface area contributed by atoms with Gasteiger partial charge in [-0.05, 0) is 0 Å². The van der Waals surface area contributed by atoms with Crippen LogP contribution in [0.15, 0.2) is 142 Å². The maximum Gasteiger partial charge on any atom is -1.00 e. The van der Waals surface area contributed by atoms with Crippen LogP contribution in [0.2, 0.25) is 0 Å². The van der Waals surface area contributed by atoms with Gasteiger partial charge in [0.2, 0.25) is 0 Å². The minimum Gasteiger partial charge on any atom is -1.00 e. The van der Waals surface area contributed by atoms with Crippen molar-refractivity contribution in [3.63, 3.8) is 0 Å². The van der Waals surface area contributed by atoms with Gasteiger partial charge in [-0.15, -0.1) is 0 Å². The molecule has 2 aliphatic carbocycles. The fourth-order valence-corrected chi connectivity index (χ4v) is 18.0. The molecule has 3 heteroatoms. The number of hydrogen-bond acceptors (Lipinski definition) is 0. The fraction of sp³-hybridized carbons (Fsp3) is 0.255. The van der Waals surface area contributed by atoms with Crippen LogP contribution in [-0.2, 0) is 32.1 Å². The monoisotopic (exact) mass is 772 g/mol. The van der Waals surface area contributed by atoms with E-state index in [9.17, 15) is 0 Å². The van der Waals surface area contributed by atoms with Crippen LogP contribution >= 0.6 is 0 Å². The van der Waals surface area contributed by atoms with Crippen LogP contribution in [0.25, 0.3) is 16.7 Å². The fourth-order valence-electron chi connectivity index (χ4n) is 7.98. The first kappa shape index (κ1) is 38.2. The number of fused-ring (bicyclic) bond motifs is 3. The summed E-state index contributed by atoms with van der Waals surface area (Å²) < 4.78 is 3.72. The molecule has 0 heterocycles. The van der Waals surface area contributed by atoms with Crippen molar-refractivity contribution in [1.82, 2.24) is 0 Å². The topological polar surface area (TPSA) is 0 Å². The Hall–Kier alpha value is -3.09. The van der Waals surface area contributed by atoms with Crippen molar-refractivity contribution in [2.45, 2.75) is 69.8 Å². The molecule has 0 saturated heterocycles. The van der Waals surface area contributed by atoms with E-state index in [0.29, 0.717) is 9.54 Å². The second kappa shape index (κ2) is 14.9. The van der Waals surface area contributed by atoms with E-state index in [1.54, 1.807) is 6.49 Å². The Morgan fingerprint density at radius 3 is 1.40 bits per heavy atom. The maximum atomic E-state index is 2.57. The van der Waals surface area contributed by atoms with E-state index < -0.39 is 21.3 Å². The molecular weight excluding hydrogens is 727 g/mol. The van der Waals surface area contributed by atoms with Crippen LogP contribution in [0.1, 0.15) is 98.0 Å². The third-order valence-electron chi connectivity index (χ3n) is 10.5. The summed E-state index contributed by atoms with van der Waals surface area (Å²) in [6, 6.07) is 49.0. The average molecular weight is 775 g/mol. The maximum absolute atomic E-state index is 2.93. The molecule has 0 nitrogen and oxygen atoms in total. The van der Waals surface area contributed by atoms with E-state index in [1.165, 1.54) is 61.2 Å². The Labute approximate surface area is 320 Å². The molecule has 0 aromatic heterocycles. The van der Waals surface area contributed by atoms with Gasteiger partial charge in [-0.1, -0.05) is 0 Å². The number of rotatable bonds is 5. The summed E-state index contributed by atoms with van der Waals surface area (Å²) in [6.07, 6.45) is 2.57. The Morgan fingerprint density at radius 2 is 0.960 bits per heavy atom. The molecule has 0 amide bonds. The smallest absolute Gasteiger partial charge is 1.00 e. The van der Waals surface area contributed by atoms with Crippen molar-refractivity contribution in [1.29, 1.82) is 0 Å². The molecule has 5 aromatic rings. The molecule has 0 fully saturated rings. The molecule has 0 aliphatic heterocycles. The van der Waals surface area contributed by atoms with Gasteiger partial charge in [-0.2, -0.15) is 0 Å². The molecule has 5 aromatic carbocycles. The van der Waals surface area contributed by atoms with Gasteiger partial charge < -0.3 is 24.8 Å². The summed E-state index contributed by atoms with van der Waals surface area (Å²) in [7, 11) is 0. The molecule has 0 bridgehead atoms. The van der Waals surface area contributed by atoms with Crippen molar-refractivity contribution >= 4 is 8.78 Å². The molecule has 1 unspecified atom stereocenters. The van der Waals surface area contributed by atoms with E-state index in [1.807, 2.05) is 0 Å². The summed E-state index contributed by atoms with van der Waals surface area (Å²) >= 11 is -2.93. The predicted octanol–water partition coefficient (Wildman–Crippen LogP) is 6.25. The van der Waals surface area contributed by atoms with Crippen molar-refractivity contribution in [3.8, 4) is 11.1 Å². The van der Waals surface area contributed by atoms with Gasteiger partial charge in [0.05, 0.1) is 0 Å². The first-order valence-electron chi connectivity index (χ1n) is 17.6. The van der Waals surface area contributed by atoms with E-state index in [-0.39, 0.29) is 35.6 Å². The van der Waals surface area contributed by atoms with Crippen LogP contribution in [-0.4, -0.2) is 3.21 Å². The number of benzene rings is 5. The van der Waals surface area contributed by atoms with Gasteiger partial charge in [0.15, 0.2) is 0 Å². The predicted molar refractivity (Wildman–Crippen MR) is 203 cm³/mol. The molecule has 0 saturated carbocycles. The Morgan fingerprint density at radius 1 is 0.540 bits per heavy atom. The summed E-state index contributed by atoms with van der Waals surface area (Å²) in [6.45, 7) is 18.8. The Balaban J connectivity index is 0.00000243. The zero-order chi connectivity index (χ0) is 33.8. The van der Waals surface area contributed by atoms with Gasteiger partial charge in [-0.25, -0.2) is 0 Å². The minimum atomic E-state index is -2.93. The van der Waals surface area contributed by atoms with Crippen LogP contribution in [0.5, 0.6) is 0 Å². The molecule has 2 aliphatic rings. The third kappa shape index (κ3) is 7.04. The second-order valence-electron chi connectivity index (χ2n) is 15.8. The van der Waals surface area contributed by atoms with Gasteiger partial charge >= 0.3 is 298 Å². The molecule has 7 rings (SSSR count). The van der Waals surface area contributed by atoms with E-state index in [2.05, 4.69) is 189 Å². The zero-order valence-corrected chi connectivity index (χ0v) is 34.6. The van der Waals surface area contributed by atoms with Crippen molar-refractivity contribution < 1.29 is 46.1 Å². The SMILES string of the molecule is CC1=[C]([Zr+2](=[C](c2ccc(C(C)(C)C)cc2)c2ccc(C(C)(C)C)cc2)[CH]2c3ccccc3-c3ccccc32)C(C)C=C1c1ccccc1.[Cl-].[Cl-]. The molecule has 0 spiro atoms. The largest absolute Gasteiger partial charge is 1.00 e. The summed E-state index contributed by atoms with van der Waals surface area (Å²) in [5.74, 6) is 0.382. The van der Waals surface area contributed by atoms with E-state index in [0.717, 1.165) is 0 Å². The minimum absolute atomic E-state index is 0. The molecule has 254 valence electrons. The molecule has 0 radical (unpaired) electrons. The summed E-state index contributed by atoms with van der Waals surface area (Å²) in [4.78, 5) is 0. The standard InChI is InChI=1S/C21H26.C13H9.C13H13.2ClH.Zr/c1-20(2,3)18-11-7-16(8-12-18)15-17-9-13-19(14-10-17)21(4,5)6;1-3-7-12-10(5-1)9-11-6-2-4-8-13(11)12;1-10-8-11(2)13(9-10)12-6-4-3-5-7-12;;;/h7-14H,1-6H3;1-9H;3-7,9-10H,1-2H3;2*1H;/q;;;;;+2/p-2. The van der Waals surface area contributed by atoms with Crippen LogP contribution in [0.4, 0.5) is 0 Å². The molecule has 1 atom stereocenters. The first-order valence-corrected chi connectivity index (χ1v) is 21.4. The average Bonchev–Trinajstić information content (AvgIpc) is 3.56. The summed E-state index contributed by atoms with van der Waals surface area (Å²) in [5.41, 5.74) is 15.9. The molecule has 0 N–H and O–H groups in total. The molecular formula is C47H48Cl2Zr. The van der Waals surface area contributed by atoms with E-state index >= 15 is 0 Å². The molecule has 50 heavy (non-hydrogen) atoms. The van der Waals surface area contributed by atoms with Gasteiger partial charge in [0.1, 0.15) is 0 Å². The van der Waals surface area contributed by atoms with Gasteiger partial charge in [0.25, 0.3) is 0 Å². The van der Waals surface area contributed by atoms with Crippen molar-refractivity contribution in [2.24, 2.45) is 5.92 Å². The van der Waals surface area contributed by atoms with Gasteiger partial charge in [0, 0.05) is 0 Å².